The van der Waals surface area contributed by atoms with Gasteiger partial charge in [0, 0.05) is 23.5 Å². The lowest BCUT2D eigenvalue weighted by Crippen LogP contribution is -2.46. The van der Waals surface area contributed by atoms with Crippen molar-refractivity contribution in [2.75, 3.05) is 5.32 Å². The Morgan fingerprint density at radius 3 is 2.41 bits per heavy atom. The van der Waals surface area contributed by atoms with Gasteiger partial charge in [0.25, 0.3) is 11.6 Å². The monoisotopic (exact) mass is 394 g/mol. The zero-order valence-corrected chi connectivity index (χ0v) is 16.4. The van der Waals surface area contributed by atoms with Crippen molar-refractivity contribution in [3.8, 4) is 0 Å². The second-order valence-corrected chi connectivity index (χ2v) is 7.11. The van der Waals surface area contributed by atoms with Gasteiger partial charge < -0.3 is 16.0 Å². The number of allylic oxidation sites excluding steroid dienone is 1. The molecule has 0 saturated carbocycles. The summed E-state index contributed by atoms with van der Waals surface area (Å²) in [5, 5.41) is 19.2. The van der Waals surface area contributed by atoms with E-state index in [0.29, 0.717) is 22.5 Å². The first-order valence-electron chi connectivity index (χ1n) is 9.21. The smallest absolute Gasteiger partial charge is 0.319 e. The lowest BCUT2D eigenvalue weighted by Gasteiger charge is -2.29. The molecule has 150 valence electrons. The highest BCUT2D eigenvalue weighted by atomic mass is 16.6. The molecule has 0 saturated heterocycles. The predicted octanol–water partition coefficient (Wildman–Crippen LogP) is 3.98. The molecule has 0 aliphatic carbocycles. The number of nitrogens with zero attached hydrogens (tertiary/aromatic N) is 1. The molecule has 1 heterocycles. The number of nitrogens with one attached hydrogen (secondary N) is 3. The Hall–Kier alpha value is -3.68. The fourth-order valence-electron chi connectivity index (χ4n) is 3.34. The van der Waals surface area contributed by atoms with Gasteiger partial charge in [-0.05, 0) is 42.2 Å². The van der Waals surface area contributed by atoms with Crippen LogP contribution in [0.15, 0.2) is 59.8 Å². The highest BCUT2D eigenvalue weighted by Crippen LogP contribution is 2.30. The number of nitro benzene ring substituents is 1. The van der Waals surface area contributed by atoms with Gasteiger partial charge >= 0.3 is 6.03 Å². The number of carbonyl (C=O) groups is 2. The van der Waals surface area contributed by atoms with Crippen molar-refractivity contribution in [3.63, 3.8) is 0 Å². The molecular weight excluding hydrogens is 372 g/mol. The summed E-state index contributed by atoms with van der Waals surface area (Å²) in [4.78, 5) is 35.6. The van der Waals surface area contributed by atoms with Gasteiger partial charge in [-0.15, -0.1) is 0 Å². The van der Waals surface area contributed by atoms with E-state index in [1.54, 1.807) is 6.92 Å². The van der Waals surface area contributed by atoms with E-state index < -0.39 is 17.0 Å². The lowest BCUT2D eigenvalue weighted by molar-refractivity contribution is -0.384. The molecule has 2 aromatic rings. The Morgan fingerprint density at radius 2 is 1.79 bits per heavy atom. The number of anilines is 1. The maximum Gasteiger partial charge on any atom is 0.319 e. The van der Waals surface area contributed by atoms with Gasteiger partial charge in [-0.1, -0.05) is 32.0 Å². The first kappa shape index (κ1) is 20.1. The highest BCUT2D eigenvalue weighted by Gasteiger charge is 2.31. The molecule has 0 fully saturated rings. The number of rotatable bonds is 5. The van der Waals surface area contributed by atoms with Crippen molar-refractivity contribution in [2.24, 2.45) is 0 Å². The Labute approximate surface area is 168 Å². The third-order valence-corrected chi connectivity index (χ3v) is 4.78. The fraction of sp³-hybridized carbons (Fsp3) is 0.238. The summed E-state index contributed by atoms with van der Waals surface area (Å²) in [6, 6.07) is 12.2. The maximum absolute atomic E-state index is 13.1. The Balaban J connectivity index is 1.96. The van der Waals surface area contributed by atoms with Crippen LogP contribution in [0.25, 0.3) is 0 Å². The summed E-state index contributed by atoms with van der Waals surface area (Å²) in [6.07, 6.45) is 0. The Bertz CT molecular complexity index is 996. The zero-order valence-electron chi connectivity index (χ0n) is 16.4. The second kappa shape index (κ2) is 8.14. The molecule has 1 aliphatic heterocycles. The highest BCUT2D eigenvalue weighted by molar-refractivity contribution is 6.07. The average molecular weight is 394 g/mol. The number of carbonyl (C=O) groups excluding carboxylic acids is 2. The molecule has 2 aromatic carbocycles. The van der Waals surface area contributed by atoms with E-state index in [9.17, 15) is 19.7 Å². The van der Waals surface area contributed by atoms with Crippen molar-refractivity contribution in [1.82, 2.24) is 10.6 Å². The first-order chi connectivity index (χ1) is 13.8. The van der Waals surface area contributed by atoms with E-state index in [-0.39, 0.29) is 17.5 Å². The fourth-order valence-corrected chi connectivity index (χ4v) is 3.34. The van der Waals surface area contributed by atoms with Crippen molar-refractivity contribution < 1.29 is 14.5 Å². The minimum absolute atomic E-state index is 0.0634. The van der Waals surface area contributed by atoms with E-state index in [2.05, 4.69) is 16.0 Å². The summed E-state index contributed by atoms with van der Waals surface area (Å²) >= 11 is 0. The third kappa shape index (κ3) is 4.26. The first-order valence-corrected chi connectivity index (χ1v) is 9.21. The molecular formula is C21H22N4O4. The topological polar surface area (TPSA) is 113 Å². The molecule has 29 heavy (non-hydrogen) atoms. The van der Waals surface area contributed by atoms with Gasteiger partial charge in [-0.25, -0.2) is 4.79 Å². The van der Waals surface area contributed by atoms with Gasteiger partial charge in [0.05, 0.1) is 16.5 Å². The molecule has 1 atom stereocenters. The minimum atomic E-state index is -0.726. The van der Waals surface area contributed by atoms with E-state index in [1.807, 2.05) is 38.1 Å². The average Bonchev–Trinajstić information content (AvgIpc) is 2.67. The van der Waals surface area contributed by atoms with E-state index in [0.717, 1.165) is 5.56 Å². The summed E-state index contributed by atoms with van der Waals surface area (Å²) in [5.74, 6) is -0.136. The number of hydrogen-bond acceptors (Lipinski definition) is 4. The van der Waals surface area contributed by atoms with Crippen LogP contribution in [0.5, 0.6) is 0 Å². The zero-order chi connectivity index (χ0) is 21.1. The molecule has 3 N–H and O–H groups in total. The quantitative estimate of drug-likeness (QED) is 0.526. The maximum atomic E-state index is 13.1. The molecule has 0 radical (unpaired) electrons. The van der Waals surface area contributed by atoms with Crippen LogP contribution in [0.2, 0.25) is 0 Å². The summed E-state index contributed by atoms with van der Waals surface area (Å²) in [7, 11) is 0. The minimum Gasteiger partial charge on any atom is -0.327 e. The van der Waals surface area contributed by atoms with Crippen LogP contribution in [-0.4, -0.2) is 16.9 Å². The van der Waals surface area contributed by atoms with Gasteiger partial charge in [-0.3, -0.25) is 14.9 Å². The predicted molar refractivity (Wildman–Crippen MR) is 109 cm³/mol. The summed E-state index contributed by atoms with van der Waals surface area (Å²) < 4.78 is 0. The van der Waals surface area contributed by atoms with Gasteiger partial charge in [0.1, 0.15) is 0 Å². The Morgan fingerprint density at radius 1 is 1.14 bits per heavy atom. The van der Waals surface area contributed by atoms with Crippen LogP contribution >= 0.6 is 0 Å². The van der Waals surface area contributed by atoms with Crippen LogP contribution in [0.3, 0.4) is 0 Å². The molecule has 0 aromatic heterocycles. The number of non-ortho nitro benzene ring substituents is 1. The van der Waals surface area contributed by atoms with Gasteiger partial charge in [0.15, 0.2) is 0 Å². The second-order valence-electron chi connectivity index (χ2n) is 7.11. The van der Waals surface area contributed by atoms with Crippen LogP contribution < -0.4 is 16.0 Å². The van der Waals surface area contributed by atoms with Crippen molar-refractivity contribution in [2.45, 2.75) is 32.7 Å². The molecule has 0 spiro atoms. The number of nitro groups is 1. The SMILES string of the molecule is CC1=C(C(=O)Nc2ccccc2C(C)C)[C@@H](c2ccc([N+](=O)[O-])cc2)NC(=O)N1. The lowest BCUT2D eigenvalue weighted by atomic mass is 9.94. The Kier molecular flexibility index (Phi) is 5.63. The number of amides is 3. The van der Waals surface area contributed by atoms with Crippen LogP contribution in [0.4, 0.5) is 16.2 Å². The van der Waals surface area contributed by atoms with Gasteiger partial charge in [-0.2, -0.15) is 0 Å². The molecule has 8 heteroatoms. The summed E-state index contributed by atoms with van der Waals surface area (Å²) in [6.45, 7) is 5.73. The molecule has 1 aliphatic rings. The molecule has 0 unspecified atom stereocenters. The van der Waals surface area contributed by atoms with Crippen molar-refractivity contribution in [3.05, 3.63) is 81.0 Å². The van der Waals surface area contributed by atoms with E-state index >= 15 is 0 Å². The normalized spacial score (nSPS) is 16.3. The molecule has 0 bridgehead atoms. The molecule has 8 nitrogen and oxygen atoms in total. The number of benzene rings is 2. The van der Waals surface area contributed by atoms with Crippen LogP contribution in [0.1, 0.15) is 43.9 Å². The number of urea groups is 1. The van der Waals surface area contributed by atoms with Crippen LogP contribution in [0, 0.1) is 10.1 Å². The third-order valence-electron chi connectivity index (χ3n) is 4.78. The van der Waals surface area contributed by atoms with Crippen LogP contribution in [-0.2, 0) is 4.79 Å². The molecule has 3 amide bonds. The van der Waals surface area contributed by atoms with Crippen molar-refractivity contribution in [1.29, 1.82) is 0 Å². The van der Waals surface area contributed by atoms with Crippen molar-refractivity contribution >= 4 is 23.3 Å². The largest absolute Gasteiger partial charge is 0.327 e. The number of hydrogen-bond donors (Lipinski definition) is 3. The number of para-hydroxylation sites is 1. The summed E-state index contributed by atoms with van der Waals surface area (Å²) in [5.41, 5.74) is 2.98. The molecule has 3 rings (SSSR count). The van der Waals surface area contributed by atoms with E-state index in [1.165, 1.54) is 24.3 Å². The van der Waals surface area contributed by atoms with Gasteiger partial charge in [0.2, 0.25) is 0 Å². The standard InChI is InChI=1S/C21H22N4O4/c1-12(2)16-6-4-5-7-17(16)23-20(26)18-13(3)22-21(27)24-19(18)14-8-10-15(11-9-14)25(28)29/h4-12,19H,1-3H3,(H,23,26)(H2,22,24,27)/t19-/m1/s1. The van der Waals surface area contributed by atoms with E-state index in [4.69, 9.17) is 0 Å².